The van der Waals surface area contributed by atoms with Crippen molar-refractivity contribution in [3.05, 3.63) is 68.2 Å². The molecule has 1 aliphatic rings. The molecule has 1 amide bonds. The second kappa shape index (κ2) is 9.30. The smallest absolute Gasteiger partial charge is 0.407 e. The highest BCUT2D eigenvalue weighted by Gasteiger charge is 2.26. The predicted molar refractivity (Wildman–Crippen MR) is 122 cm³/mol. The number of anilines is 1. The Morgan fingerprint density at radius 2 is 2.00 bits per heavy atom. The zero-order valence-electron chi connectivity index (χ0n) is 18.9. The second-order valence-electron chi connectivity index (χ2n) is 8.94. The molecule has 0 saturated carbocycles. The third-order valence-electron chi connectivity index (χ3n) is 5.28. The molecule has 0 spiro atoms. The van der Waals surface area contributed by atoms with Gasteiger partial charge in [-0.25, -0.2) is 14.4 Å². The average Bonchev–Trinajstić information content (AvgIpc) is 2.73. The molecule has 0 aliphatic carbocycles. The minimum Gasteiger partial charge on any atom is -0.444 e. The monoisotopic (exact) mass is 439 g/mol. The molecule has 0 bridgehead atoms. The van der Waals surface area contributed by atoms with E-state index in [9.17, 15) is 14.4 Å². The number of amides is 1. The number of piperidine rings is 1. The topological polar surface area (TPSA) is 89.9 Å². The first kappa shape index (κ1) is 23.1. The molecular formula is C23H29N5O4. The molecule has 32 heavy (non-hydrogen) atoms. The van der Waals surface area contributed by atoms with E-state index in [0.717, 1.165) is 17.4 Å². The summed E-state index contributed by atoms with van der Waals surface area (Å²) in [4.78, 5) is 43.1. The normalized spacial score (nSPS) is 16.3. The standard InChI is InChI=1S/C23H29N5O4/c1-23(2,3)32-21(30)25-17-10-8-12-27(15-17)19-13-20(29)26(5)22(31)28(19)14-16-9-6-7-11-18(16)24-4/h6-7,9,11,13,17H,8,10,12,14-15H2,1-3,5H3,(H,25,30). The Hall–Kier alpha value is -3.54. The Bertz CT molecular complexity index is 1150. The summed E-state index contributed by atoms with van der Waals surface area (Å²) in [6.45, 7) is 14.1. The van der Waals surface area contributed by atoms with Crippen LogP contribution in [0.2, 0.25) is 0 Å². The van der Waals surface area contributed by atoms with E-state index >= 15 is 0 Å². The van der Waals surface area contributed by atoms with Crippen LogP contribution in [0, 0.1) is 6.57 Å². The van der Waals surface area contributed by atoms with Crippen molar-refractivity contribution in [3.63, 3.8) is 0 Å². The highest BCUT2D eigenvalue weighted by molar-refractivity contribution is 5.68. The minimum absolute atomic E-state index is 0.168. The molecule has 1 aliphatic heterocycles. The lowest BCUT2D eigenvalue weighted by atomic mass is 10.1. The van der Waals surface area contributed by atoms with E-state index in [-0.39, 0.29) is 12.6 Å². The summed E-state index contributed by atoms with van der Waals surface area (Å²) < 4.78 is 7.93. The Morgan fingerprint density at radius 1 is 1.28 bits per heavy atom. The number of aromatic nitrogens is 2. The fraction of sp³-hybridized carbons (Fsp3) is 0.478. The zero-order chi connectivity index (χ0) is 23.5. The number of benzene rings is 1. The van der Waals surface area contributed by atoms with Crippen LogP contribution < -0.4 is 21.5 Å². The van der Waals surface area contributed by atoms with Crippen molar-refractivity contribution in [2.24, 2.45) is 7.05 Å². The van der Waals surface area contributed by atoms with E-state index in [1.165, 1.54) is 17.7 Å². The van der Waals surface area contributed by atoms with Gasteiger partial charge in [-0.05, 0) is 39.2 Å². The number of carbonyl (C=O) groups excluding carboxylic acids is 1. The van der Waals surface area contributed by atoms with Crippen LogP contribution >= 0.6 is 0 Å². The van der Waals surface area contributed by atoms with Crippen LogP contribution in [0.5, 0.6) is 0 Å². The number of hydrogen-bond donors (Lipinski definition) is 1. The van der Waals surface area contributed by atoms with Crippen LogP contribution in [0.1, 0.15) is 39.2 Å². The molecule has 1 aromatic carbocycles. The first-order chi connectivity index (χ1) is 15.1. The minimum atomic E-state index is -0.596. The van der Waals surface area contributed by atoms with Gasteiger partial charge in [-0.1, -0.05) is 24.3 Å². The zero-order valence-corrected chi connectivity index (χ0v) is 18.9. The molecule has 1 atom stereocenters. The molecule has 3 rings (SSSR count). The lowest BCUT2D eigenvalue weighted by molar-refractivity contribution is 0.0500. The lowest BCUT2D eigenvalue weighted by Gasteiger charge is -2.36. The highest BCUT2D eigenvalue weighted by atomic mass is 16.6. The largest absolute Gasteiger partial charge is 0.444 e. The quantitative estimate of drug-likeness (QED) is 0.740. The van der Waals surface area contributed by atoms with Gasteiger partial charge in [0.2, 0.25) is 0 Å². The number of ether oxygens (including phenoxy) is 1. The number of para-hydroxylation sites is 1. The molecule has 2 heterocycles. The van der Waals surface area contributed by atoms with Crippen LogP contribution in [0.4, 0.5) is 16.3 Å². The SMILES string of the molecule is [C-]#[N+]c1ccccc1Cn1c(N2CCCC(NC(=O)OC(C)(C)C)C2)cc(=O)n(C)c1=O. The van der Waals surface area contributed by atoms with Crippen molar-refractivity contribution < 1.29 is 9.53 Å². The van der Waals surface area contributed by atoms with Crippen LogP contribution in [0.15, 0.2) is 39.9 Å². The summed E-state index contributed by atoms with van der Waals surface area (Å²) in [7, 11) is 1.44. The molecule has 1 fully saturated rings. The van der Waals surface area contributed by atoms with Crippen molar-refractivity contribution in [1.29, 1.82) is 0 Å². The molecule has 9 heteroatoms. The molecule has 170 valence electrons. The fourth-order valence-corrected chi connectivity index (χ4v) is 3.77. The van der Waals surface area contributed by atoms with Gasteiger partial charge in [0.1, 0.15) is 11.4 Å². The van der Waals surface area contributed by atoms with Crippen LogP contribution in [-0.4, -0.2) is 40.0 Å². The number of nitrogens with one attached hydrogen (secondary N) is 1. The summed E-state index contributed by atoms with van der Waals surface area (Å²) in [6, 6.07) is 8.37. The van der Waals surface area contributed by atoms with E-state index in [1.807, 2.05) is 11.0 Å². The maximum absolute atomic E-state index is 13.0. The van der Waals surface area contributed by atoms with Crippen molar-refractivity contribution in [3.8, 4) is 0 Å². The Kier molecular flexibility index (Phi) is 6.72. The summed E-state index contributed by atoms with van der Waals surface area (Å²) in [5.41, 5.74) is -0.287. The van der Waals surface area contributed by atoms with Crippen molar-refractivity contribution in [2.45, 2.75) is 51.8 Å². The van der Waals surface area contributed by atoms with Gasteiger partial charge >= 0.3 is 11.8 Å². The van der Waals surface area contributed by atoms with E-state index < -0.39 is 22.9 Å². The maximum atomic E-state index is 13.0. The summed E-state index contributed by atoms with van der Waals surface area (Å²) >= 11 is 0. The molecule has 1 aromatic heterocycles. The summed E-state index contributed by atoms with van der Waals surface area (Å²) in [5, 5.41) is 2.89. The Labute approximate surface area is 187 Å². The van der Waals surface area contributed by atoms with Gasteiger partial charge in [-0.3, -0.25) is 13.9 Å². The maximum Gasteiger partial charge on any atom is 0.407 e. The van der Waals surface area contributed by atoms with E-state index in [1.54, 1.807) is 39.0 Å². The Balaban J connectivity index is 1.91. The van der Waals surface area contributed by atoms with E-state index in [2.05, 4.69) is 10.2 Å². The molecule has 2 aromatic rings. The van der Waals surface area contributed by atoms with Gasteiger partial charge in [0.05, 0.1) is 6.57 Å². The molecular weight excluding hydrogens is 410 g/mol. The third-order valence-corrected chi connectivity index (χ3v) is 5.28. The van der Waals surface area contributed by atoms with Crippen LogP contribution in [0.3, 0.4) is 0 Å². The number of carbonyl (C=O) groups is 1. The van der Waals surface area contributed by atoms with Crippen LogP contribution in [-0.2, 0) is 18.3 Å². The number of alkyl carbamates (subject to hydrolysis) is 1. The van der Waals surface area contributed by atoms with Crippen LogP contribution in [0.25, 0.3) is 4.85 Å². The van der Waals surface area contributed by atoms with Crippen molar-refractivity contribution in [2.75, 3.05) is 18.0 Å². The van der Waals surface area contributed by atoms with Gasteiger partial charge < -0.3 is 15.0 Å². The second-order valence-corrected chi connectivity index (χ2v) is 8.94. The highest BCUT2D eigenvalue weighted by Crippen LogP contribution is 2.23. The van der Waals surface area contributed by atoms with E-state index in [0.29, 0.717) is 30.2 Å². The molecule has 1 saturated heterocycles. The molecule has 1 unspecified atom stereocenters. The van der Waals surface area contributed by atoms with Crippen molar-refractivity contribution >= 4 is 17.6 Å². The van der Waals surface area contributed by atoms with Gasteiger partial charge in [-0.2, -0.15) is 0 Å². The summed E-state index contributed by atoms with van der Waals surface area (Å²) in [5.74, 6) is 0.480. The number of nitrogens with zero attached hydrogens (tertiary/aromatic N) is 4. The molecule has 1 N–H and O–H groups in total. The summed E-state index contributed by atoms with van der Waals surface area (Å²) in [6.07, 6.45) is 1.06. The lowest BCUT2D eigenvalue weighted by Crippen LogP contribution is -2.51. The van der Waals surface area contributed by atoms with Gasteiger partial charge in [0.25, 0.3) is 5.56 Å². The first-order valence-corrected chi connectivity index (χ1v) is 10.6. The number of hydrogen-bond acceptors (Lipinski definition) is 5. The average molecular weight is 440 g/mol. The van der Waals surface area contributed by atoms with E-state index in [4.69, 9.17) is 11.3 Å². The predicted octanol–water partition coefficient (Wildman–Crippen LogP) is 2.64. The fourth-order valence-electron chi connectivity index (χ4n) is 3.77. The first-order valence-electron chi connectivity index (χ1n) is 10.6. The number of rotatable bonds is 4. The van der Waals surface area contributed by atoms with Gasteiger partial charge in [0.15, 0.2) is 5.69 Å². The van der Waals surface area contributed by atoms with Crippen molar-refractivity contribution in [1.82, 2.24) is 14.5 Å². The Morgan fingerprint density at radius 3 is 2.69 bits per heavy atom. The molecule has 9 nitrogen and oxygen atoms in total. The van der Waals surface area contributed by atoms with Gasteiger partial charge in [0, 0.05) is 38.8 Å². The third kappa shape index (κ3) is 5.38. The molecule has 0 radical (unpaired) electrons. The van der Waals surface area contributed by atoms with Gasteiger partial charge in [-0.15, -0.1) is 0 Å².